The Labute approximate surface area is 113 Å². The zero-order valence-electron chi connectivity index (χ0n) is 9.08. The lowest BCUT2D eigenvalue weighted by Crippen LogP contribution is -1.74. The summed E-state index contributed by atoms with van der Waals surface area (Å²) in [7, 11) is 0. The van der Waals surface area contributed by atoms with E-state index in [9.17, 15) is 4.39 Å². The molecule has 0 fully saturated rings. The molecule has 1 aromatic heterocycles. The van der Waals surface area contributed by atoms with Crippen LogP contribution < -0.4 is 0 Å². The number of furan rings is 1. The van der Waals surface area contributed by atoms with E-state index >= 15 is 0 Å². The Morgan fingerprint density at radius 1 is 0.944 bits per heavy atom. The summed E-state index contributed by atoms with van der Waals surface area (Å²) >= 11 is 12.0. The van der Waals surface area contributed by atoms with Gasteiger partial charge in [0.25, 0.3) is 0 Å². The first-order valence-corrected chi connectivity index (χ1v) is 6.03. The smallest absolute Gasteiger partial charge is 0.153 e. The van der Waals surface area contributed by atoms with Crippen molar-refractivity contribution in [3.63, 3.8) is 0 Å². The van der Waals surface area contributed by atoms with Crippen LogP contribution in [0.25, 0.3) is 22.3 Å². The van der Waals surface area contributed by atoms with E-state index in [1.54, 1.807) is 24.3 Å². The number of rotatable bonds is 1. The van der Waals surface area contributed by atoms with Gasteiger partial charge in [-0.2, -0.15) is 0 Å². The minimum atomic E-state index is -0.282. The topological polar surface area (TPSA) is 13.1 Å². The van der Waals surface area contributed by atoms with Crippen LogP contribution in [-0.4, -0.2) is 0 Å². The standard InChI is InChI=1S/C14H7Cl2FO/c15-10-5-9-6-13(18-14(9)12(16)7-10)8-1-3-11(17)4-2-8/h1-7H. The molecule has 0 aliphatic rings. The van der Waals surface area contributed by atoms with Crippen LogP contribution in [0.4, 0.5) is 4.39 Å². The SMILES string of the molecule is Fc1ccc(-c2cc3cc(Cl)cc(Cl)c3o2)cc1. The van der Waals surface area contributed by atoms with Gasteiger partial charge in [-0.3, -0.25) is 0 Å². The summed E-state index contributed by atoms with van der Waals surface area (Å²) < 4.78 is 18.5. The molecule has 0 radical (unpaired) electrons. The van der Waals surface area contributed by atoms with E-state index in [2.05, 4.69) is 0 Å². The molecule has 0 saturated carbocycles. The van der Waals surface area contributed by atoms with Gasteiger partial charge in [0.2, 0.25) is 0 Å². The molecule has 0 amide bonds. The first kappa shape index (κ1) is 11.6. The van der Waals surface area contributed by atoms with E-state index < -0.39 is 0 Å². The van der Waals surface area contributed by atoms with Gasteiger partial charge >= 0.3 is 0 Å². The van der Waals surface area contributed by atoms with Gasteiger partial charge in [0, 0.05) is 16.0 Å². The maximum Gasteiger partial charge on any atom is 0.153 e. The van der Waals surface area contributed by atoms with Crippen molar-refractivity contribution in [1.29, 1.82) is 0 Å². The van der Waals surface area contributed by atoms with Crippen molar-refractivity contribution in [3.05, 3.63) is 58.3 Å². The van der Waals surface area contributed by atoms with Crippen LogP contribution in [0.5, 0.6) is 0 Å². The van der Waals surface area contributed by atoms with E-state index in [1.807, 2.05) is 6.07 Å². The molecule has 0 aliphatic heterocycles. The normalized spacial score (nSPS) is 11.1. The van der Waals surface area contributed by atoms with Crippen molar-refractivity contribution in [2.24, 2.45) is 0 Å². The summed E-state index contributed by atoms with van der Waals surface area (Å²) in [5, 5.41) is 1.84. The monoisotopic (exact) mass is 280 g/mol. The van der Waals surface area contributed by atoms with Crippen molar-refractivity contribution in [2.45, 2.75) is 0 Å². The van der Waals surface area contributed by atoms with Crippen LogP contribution in [0.1, 0.15) is 0 Å². The number of hydrogen-bond acceptors (Lipinski definition) is 1. The molecule has 3 rings (SSSR count). The van der Waals surface area contributed by atoms with Gasteiger partial charge in [0.05, 0.1) is 5.02 Å². The molecule has 0 spiro atoms. The Morgan fingerprint density at radius 3 is 2.39 bits per heavy atom. The third-order valence-electron chi connectivity index (χ3n) is 2.66. The van der Waals surface area contributed by atoms with E-state index in [-0.39, 0.29) is 5.82 Å². The molecule has 0 saturated heterocycles. The van der Waals surface area contributed by atoms with E-state index in [0.29, 0.717) is 21.4 Å². The highest BCUT2D eigenvalue weighted by Crippen LogP contribution is 2.34. The molecule has 18 heavy (non-hydrogen) atoms. The fourth-order valence-corrected chi connectivity index (χ4v) is 2.38. The minimum Gasteiger partial charge on any atom is -0.455 e. The molecule has 1 heterocycles. The summed E-state index contributed by atoms with van der Waals surface area (Å²) in [5.41, 5.74) is 1.38. The van der Waals surface area contributed by atoms with Crippen LogP contribution in [0.3, 0.4) is 0 Å². The third-order valence-corrected chi connectivity index (χ3v) is 3.16. The van der Waals surface area contributed by atoms with Gasteiger partial charge in [-0.15, -0.1) is 0 Å². The summed E-state index contributed by atoms with van der Waals surface area (Å²) in [6.45, 7) is 0. The largest absolute Gasteiger partial charge is 0.455 e. The predicted octanol–water partition coefficient (Wildman–Crippen LogP) is 5.55. The summed E-state index contributed by atoms with van der Waals surface area (Å²) in [4.78, 5) is 0. The molecule has 3 aromatic rings. The highest BCUT2D eigenvalue weighted by Gasteiger charge is 2.10. The van der Waals surface area contributed by atoms with Gasteiger partial charge in [-0.25, -0.2) is 4.39 Å². The zero-order valence-corrected chi connectivity index (χ0v) is 10.6. The molecule has 0 aliphatic carbocycles. The first-order valence-electron chi connectivity index (χ1n) is 5.28. The fraction of sp³-hybridized carbons (Fsp3) is 0. The molecule has 0 unspecified atom stereocenters. The Balaban J connectivity index is 2.19. The summed E-state index contributed by atoms with van der Waals surface area (Å²) in [6, 6.07) is 11.3. The third kappa shape index (κ3) is 1.98. The van der Waals surface area contributed by atoms with Crippen LogP contribution in [0.15, 0.2) is 46.9 Å². The Hall–Kier alpha value is -1.51. The van der Waals surface area contributed by atoms with Gasteiger partial charge in [-0.1, -0.05) is 23.2 Å². The number of benzene rings is 2. The number of fused-ring (bicyclic) bond motifs is 1. The van der Waals surface area contributed by atoms with E-state index in [1.165, 1.54) is 12.1 Å². The molecule has 4 heteroatoms. The first-order chi connectivity index (χ1) is 8.63. The maximum atomic E-state index is 12.9. The second-order valence-corrected chi connectivity index (χ2v) is 4.77. The van der Waals surface area contributed by atoms with Crippen LogP contribution in [0, 0.1) is 5.82 Å². The van der Waals surface area contributed by atoms with Crippen molar-refractivity contribution in [2.75, 3.05) is 0 Å². The second-order valence-electron chi connectivity index (χ2n) is 3.92. The van der Waals surface area contributed by atoms with Gasteiger partial charge < -0.3 is 4.42 Å². The van der Waals surface area contributed by atoms with Crippen LogP contribution in [-0.2, 0) is 0 Å². The maximum absolute atomic E-state index is 12.9. The quantitative estimate of drug-likeness (QED) is 0.570. The molecule has 0 bridgehead atoms. The number of hydrogen-bond donors (Lipinski definition) is 0. The van der Waals surface area contributed by atoms with E-state index in [4.69, 9.17) is 27.6 Å². The lowest BCUT2D eigenvalue weighted by Gasteiger charge is -1.95. The van der Waals surface area contributed by atoms with Gasteiger partial charge in [-0.05, 0) is 42.5 Å². The Morgan fingerprint density at radius 2 is 1.67 bits per heavy atom. The van der Waals surface area contributed by atoms with Crippen molar-refractivity contribution in [1.82, 2.24) is 0 Å². The molecule has 90 valence electrons. The average Bonchev–Trinajstić information content (AvgIpc) is 2.74. The fourth-order valence-electron chi connectivity index (χ4n) is 1.83. The van der Waals surface area contributed by atoms with Crippen LogP contribution in [0.2, 0.25) is 10.0 Å². The Kier molecular flexibility index (Phi) is 2.77. The van der Waals surface area contributed by atoms with Crippen molar-refractivity contribution < 1.29 is 8.81 Å². The lowest BCUT2D eigenvalue weighted by atomic mass is 10.1. The minimum absolute atomic E-state index is 0.282. The average molecular weight is 281 g/mol. The molecule has 0 N–H and O–H groups in total. The van der Waals surface area contributed by atoms with Crippen LogP contribution >= 0.6 is 23.2 Å². The molecule has 0 atom stereocenters. The molecular weight excluding hydrogens is 274 g/mol. The van der Waals surface area contributed by atoms with Gasteiger partial charge in [0.15, 0.2) is 5.58 Å². The molecular formula is C14H7Cl2FO. The number of halogens is 3. The second kappa shape index (κ2) is 4.30. The molecule has 1 nitrogen and oxygen atoms in total. The van der Waals surface area contributed by atoms with Gasteiger partial charge in [0.1, 0.15) is 11.6 Å². The lowest BCUT2D eigenvalue weighted by molar-refractivity contribution is 0.623. The zero-order chi connectivity index (χ0) is 12.7. The van der Waals surface area contributed by atoms with Crippen molar-refractivity contribution >= 4 is 34.2 Å². The summed E-state index contributed by atoms with van der Waals surface area (Å²) in [6.07, 6.45) is 0. The van der Waals surface area contributed by atoms with Crippen molar-refractivity contribution in [3.8, 4) is 11.3 Å². The summed E-state index contributed by atoms with van der Waals surface area (Å²) in [5.74, 6) is 0.352. The highest BCUT2D eigenvalue weighted by atomic mass is 35.5. The predicted molar refractivity (Wildman–Crippen MR) is 71.6 cm³/mol. The Bertz CT molecular complexity index is 716. The molecule has 2 aromatic carbocycles. The highest BCUT2D eigenvalue weighted by molar-refractivity contribution is 6.38. The van der Waals surface area contributed by atoms with E-state index in [0.717, 1.165) is 10.9 Å².